The summed E-state index contributed by atoms with van der Waals surface area (Å²) in [5, 5.41) is 2.16. The third kappa shape index (κ3) is 4.04. The number of esters is 1. The minimum absolute atomic E-state index is 0.161. The highest BCUT2D eigenvalue weighted by Crippen LogP contribution is 1.95. The van der Waals surface area contributed by atoms with Crippen LogP contribution in [0.5, 0.6) is 0 Å². The second-order valence-corrected chi connectivity index (χ2v) is 3.52. The lowest BCUT2D eigenvalue weighted by molar-refractivity contribution is -0.140. The molecule has 0 spiro atoms. The van der Waals surface area contributed by atoms with Crippen molar-refractivity contribution in [2.75, 3.05) is 46.9 Å². The summed E-state index contributed by atoms with van der Waals surface area (Å²) < 4.78 is 4.55. The number of ether oxygens (including phenoxy) is 1. The maximum absolute atomic E-state index is 10.8. The van der Waals surface area contributed by atoms with E-state index in [9.17, 15) is 4.79 Å². The Morgan fingerprint density at radius 1 is 1.36 bits per heavy atom. The number of hydrazine groups is 1. The van der Waals surface area contributed by atoms with E-state index in [0.717, 1.165) is 26.2 Å². The number of likely N-dealkylation sites (N-methyl/N-ethyl adjacent to an activating group) is 1. The van der Waals surface area contributed by atoms with Crippen molar-refractivity contribution in [3.05, 3.63) is 0 Å². The lowest BCUT2D eigenvalue weighted by Gasteiger charge is -2.32. The predicted octanol–water partition coefficient (Wildman–Crippen LogP) is -0.698. The van der Waals surface area contributed by atoms with Crippen molar-refractivity contribution in [2.24, 2.45) is 0 Å². The van der Waals surface area contributed by atoms with E-state index in [2.05, 4.69) is 27.1 Å². The Hall–Kier alpha value is -0.650. The molecule has 0 amide bonds. The molecule has 1 saturated heterocycles. The van der Waals surface area contributed by atoms with Crippen molar-refractivity contribution in [2.45, 2.75) is 6.42 Å². The van der Waals surface area contributed by atoms with Crippen molar-refractivity contribution in [1.29, 1.82) is 0 Å². The maximum atomic E-state index is 10.8. The molecule has 14 heavy (non-hydrogen) atoms. The van der Waals surface area contributed by atoms with E-state index in [1.165, 1.54) is 7.11 Å². The summed E-state index contributed by atoms with van der Waals surface area (Å²) in [6.07, 6.45) is 0.433. The Bertz CT molecular complexity index is 179. The molecule has 1 aliphatic heterocycles. The normalized spacial score (nSPS) is 19.6. The molecule has 1 fully saturated rings. The number of carbonyl (C=O) groups is 1. The molecular formula is C9H19N3O2. The fourth-order valence-electron chi connectivity index (χ4n) is 1.38. The third-order valence-electron chi connectivity index (χ3n) is 2.40. The van der Waals surface area contributed by atoms with Crippen LogP contribution >= 0.6 is 0 Å². The molecule has 5 heteroatoms. The average Bonchev–Trinajstić information content (AvgIpc) is 2.21. The predicted molar refractivity (Wildman–Crippen MR) is 53.7 cm³/mol. The second kappa shape index (κ2) is 5.95. The molecule has 82 valence electrons. The highest BCUT2D eigenvalue weighted by Gasteiger charge is 2.12. The standard InChI is InChI=1S/C9H19N3O2/c1-11-5-7-12(8-6-11)10-4-3-9(13)14-2/h10H,3-8H2,1-2H3. The van der Waals surface area contributed by atoms with Crippen molar-refractivity contribution < 1.29 is 9.53 Å². The molecule has 0 unspecified atom stereocenters. The van der Waals surface area contributed by atoms with E-state index in [0.29, 0.717) is 13.0 Å². The van der Waals surface area contributed by atoms with E-state index in [4.69, 9.17) is 0 Å². The van der Waals surface area contributed by atoms with Crippen molar-refractivity contribution >= 4 is 5.97 Å². The monoisotopic (exact) mass is 201 g/mol. The molecule has 0 aromatic rings. The van der Waals surface area contributed by atoms with Crippen molar-refractivity contribution in [3.8, 4) is 0 Å². The average molecular weight is 201 g/mol. The lowest BCUT2D eigenvalue weighted by Crippen LogP contribution is -2.51. The van der Waals surface area contributed by atoms with Crippen molar-refractivity contribution in [1.82, 2.24) is 15.3 Å². The van der Waals surface area contributed by atoms with Gasteiger partial charge in [0.15, 0.2) is 0 Å². The quantitative estimate of drug-likeness (QED) is 0.609. The Balaban J connectivity index is 2.04. The highest BCUT2D eigenvalue weighted by atomic mass is 16.5. The Morgan fingerprint density at radius 2 is 2.00 bits per heavy atom. The van der Waals surface area contributed by atoms with Gasteiger partial charge in [0.05, 0.1) is 13.5 Å². The van der Waals surface area contributed by atoms with Gasteiger partial charge in [0, 0.05) is 32.7 Å². The van der Waals surface area contributed by atoms with Crippen LogP contribution in [0.25, 0.3) is 0 Å². The fraction of sp³-hybridized carbons (Fsp3) is 0.889. The van der Waals surface area contributed by atoms with E-state index in [1.54, 1.807) is 0 Å². The van der Waals surface area contributed by atoms with Gasteiger partial charge in [-0.25, -0.2) is 5.01 Å². The first-order chi connectivity index (χ1) is 6.72. The summed E-state index contributed by atoms with van der Waals surface area (Å²) in [5.74, 6) is -0.161. The molecule has 5 nitrogen and oxygen atoms in total. The van der Waals surface area contributed by atoms with Crippen LogP contribution in [0.2, 0.25) is 0 Å². The number of carbonyl (C=O) groups excluding carboxylic acids is 1. The number of rotatable bonds is 4. The van der Waals surface area contributed by atoms with Crippen LogP contribution in [-0.2, 0) is 9.53 Å². The Labute approximate surface area is 85.0 Å². The van der Waals surface area contributed by atoms with Gasteiger partial charge >= 0.3 is 5.97 Å². The molecule has 1 N–H and O–H groups in total. The number of methoxy groups -OCH3 is 1. The molecular weight excluding hydrogens is 182 g/mol. The van der Waals surface area contributed by atoms with Gasteiger partial charge in [-0.2, -0.15) is 0 Å². The van der Waals surface area contributed by atoms with Crippen LogP contribution in [0.15, 0.2) is 0 Å². The van der Waals surface area contributed by atoms with E-state index < -0.39 is 0 Å². The summed E-state index contributed by atoms with van der Waals surface area (Å²) in [7, 11) is 3.53. The van der Waals surface area contributed by atoms with Gasteiger partial charge in [-0.1, -0.05) is 0 Å². The molecule has 0 aromatic carbocycles. The molecule has 0 atom stereocenters. The first kappa shape index (κ1) is 11.4. The summed E-state index contributed by atoms with van der Waals surface area (Å²) in [4.78, 5) is 13.1. The van der Waals surface area contributed by atoms with E-state index >= 15 is 0 Å². The number of hydrogen-bond acceptors (Lipinski definition) is 5. The minimum atomic E-state index is -0.161. The van der Waals surface area contributed by atoms with Crippen molar-refractivity contribution in [3.63, 3.8) is 0 Å². The van der Waals surface area contributed by atoms with Gasteiger partial charge in [0.25, 0.3) is 0 Å². The topological polar surface area (TPSA) is 44.8 Å². The second-order valence-electron chi connectivity index (χ2n) is 3.52. The largest absolute Gasteiger partial charge is 0.469 e. The number of hydrogen-bond donors (Lipinski definition) is 1. The number of nitrogens with zero attached hydrogens (tertiary/aromatic N) is 2. The van der Waals surface area contributed by atoms with E-state index in [1.807, 2.05) is 0 Å². The Kier molecular flexibility index (Phi) is 4.86. The smallest absolute Gasteiger partial charge is 0.306 e. The zero-order valence-corrected chi connectivity index (χ0v) is 8.95. The zero-order valence-electron chi connectivity index (χ0n) is 8.95. The SMILES string of the molecule is COC(=O)CCNN1CCN(C)CC1. The van der Waals surface area contributed by atoms with Gasteiger partial charge in [-0.05, 0) is 7.05 Å². The molecule has 0 aliphatic carbocycles. The molecule has 1 heterocycles. The van der Waals surface area contributed by atoms with Crippen LogP contribution < -0.4 is 5.43 Å². The Morgan fingerprint density at radius 3 is 2.57 bits per heavy atom. The van der Waals surface area contributed by atoms with Gasteiger partial charge in [0.2, 0.25) is 0 Å². The van der Waals surface area contributed by atoms with Gasteiger partial charge in [-0.3, -0.25) is 10.2 Å². The van der Waals surface area contributed by atoms with Crippen LogP contribution in [0.4, 0.5) is 0 Å². The summed E-state index contributed by atoms with van der Waals surface area (Å²) in [6, 6.07) is 0. The molecule has 0 aromatic heterocycles. The van der Waals surface area contributed by atoms with E-state index in [-0.39, 0.29) is 5.97 Å². The molecule has 0 radical (unpaired) electrons. The third-order valence-corrected chi connectivity index (χ3v) is 2.40. The highest BCUT2D eigenvalue weighted by molar-refractivity contribution is 5.69. The van der Waals surface area contributed by atoms with Crippen LogP contribution in [-0.4, -0.2) is 62.8 Å². The first-order valence-corrected chi connectivity index (χ1v) is 4.96. The van der Waals surface area contributed by atoms with Crippen LogP contribution in [0.1, 0.15) is 6.42 Å². The molecule has 1 aliphatic rings. The number of nitrogens with one attached hydrogen (secondary N) is 1. The van der Waals surface area contributed by atoms with Gasteiger partial charge in [0.1, 0.15) is 0 Å². The summed E-state index contributed by atoms with van der Waals surface area (Å²) in [6.45, 7) is 4.84. The maximum Gasteiger partial charge on any atom is 0.306 e. The fourth-order valence-corrected chi connectivity index (χ4v) is 1.38. The van der Waals surface area contributed by atoms with Gasteiger partial charge < -0.3 is 9.64 Å². The van der Waals surface area contributed by atoms with Gasteiger partial charge in [-0.15, -0.1) is 0 Å². The first-order valence-electron chi connectivity index (χ1n) is 4.96. The lowest BCUT2D eigenvalue weighted by atomic mass is 10.4. The molecule has 0 bridgehead atoms. The molecule has 0 saturated carbocycles. The molecule has 1 rings (SSSR count). The summed E-state index contributed by atoms with van der Waals surface area (Å²) >= 11 is 0. The van der Waals surface area contributed by atoms with Crippen LogP contribution in [0, 0.1) is 0 Å². The van der Waals surface area contributed by atoms with Crippen LogP contribution in [0.3, 0.4) is 0 Å². The number of piperazine rings is 1. The zero-order chi connectivity index (χ0) is 10.4. The summed E-state index contributed by atoms with van der Waals surface area (Å²) in [5.41, 5.74) is 3.21. The minimum Gasteiger partial charge on any atom is -0.469 e.